The van der Waals surface area contributed by atoms with E-state index in [0.29, 0.717) is 31.7 Å². The zero-order valence-electron chi connectivity index (χ0n) is 56.4. The molecule has 7 aromatic carbocycles. The molecule has 0 unspecified atom stereocenters. The first-order valence-corrected chi connectivity index (χ1v) is 30.9. The average molecular weight is 1920 g/mol. The van der Waals surface area contributed by atoms with Crippen LogP contribution in [0.25, 0.3) is 14.5 Å². The van der Waals surface area contributed by atoms with Crippen LogP contribution in [-0.2, 0) is 45.6 Å². The van der Waals surface area contributed by atoms with Gasteiger partial charge in [-0.3, -0.25) is 4.79 Å². The normalized spacial score (nSPS) is 8.88. The van der Waals surface area contributed by atoms with Crippen LogP contribution in [0, 0.1) is 105 Å². The largest absolute Gasteiger partial charge is 1.00 e. The van der Waals surface area contributed by atoms with Gasteiger partial charge in [0, 0.05) is 45.1 Å². The average Bonchev–Trinajstić information content (AvgIpc) is 0.795. The SMILES string of the molecule is C.C.C.C.C.CC(=O)O.COC(=O)c1ccc(O)c(I)c1.COC(=O)c1ccc(O)cc1.ClI.O=C(Oc1c(F)c(F)c(F)c(F)c1F)C(F)(F)F.[C-]#N.[C-]#N.[C-]#[N+]c1cc(C(=O)OC)ccc1O.[C-]#[N+]c1cc(C(=O)OC)ccc1OC(C)C.[C-]#[N+]c1cc(C(=O)Oc2c(F)c(F)c(F)c(F)c2F)ccc1OC(C)C.[Cu+].[Na+]. The number of rotatable bonds is 11. The number of carboxylic acids is 1. The van der Waals surface area contributed by atoms with Gasteiger partial charge < -0.3 is 82.0 Å². The molecule has 7 aromatic rings. The van der Waals surface area contributed by atoms with Crippen molar-refractivity contribution in [2.45, 2.75) is 90.1 Å². The van der Waals surface area contributed by atoms with Crippen molar-refractivity contribution >= 4 is 112 Å². The van der Waals surface area contributed by atoms with Crippen LogP contribution < -0.4 is 48.5 Å². The molecule has 0 spiro atoms. The maximum Gasteiger partial charge on any atom is 1.00 e. The van der Waals surface area contributed by atoms with Crippen molar-refractivity contribution in [2.24, 2.45) is 0 Å². The van der Waals surface area contributed by atoms with Crippen LogP contribution >= 0.6 is 53.0 Å². The van der Waals surface area contributed by atoms with Crippen molar-refractivity contribution in [1.82, 2.24) is 0 Å². The third-order valence-electron chi connectivity index (χ3n) is 10.7. The first-order chi connectivity index (χ1) is 49.6. The fraction of sp³-hybridized carbons (Fsp3) is 0.239. The third-order valence-corrected chi connectivity index (χ3v) is 11.5. The fourth-order valence-electron chi connectivity index (χ4n) is 6.26. The van der Waals surface area contributed by atoms with Crippen LogP contribution in [-0.4, -0.2) is 109 Å². The second-order valence-electron chi connectivity index (χ2n) is 18.5. The number of hydrogen-bond donors (Lipinski definition) is 4. The number of carbonyl (C=O) groups is 7. The minimum absolute atomic E-state index is 0. The first-order valence-electron chi connectivity index (χ1n) is 27.1. The summed E-state index contributed by atoms with van der Waals surface area (Å²) in [5.41, 5.74) is 1.42. The summed E-state index contributed by atoms with van der Waals surface area (Å²) in [6, 6.07) is 22.5. The molecule has 0 fully saturated rings. The van der Waals surface area contributed by atoms with E-state index in [1.807, 2.05) is 36.4 Å². The van der Waals surface area contributed by atoms with Gasteiger partial charge in [0.1, 0.15) is 28.7 Å². The minimum atomic E-state index is -5.65. The Kier molecular flexibility index (Phi) is 69.1. The summed E-state index contributed by atoms with van der Waals surface area (Å²) < 4.78 is 201. The van der Waals surface area contributed by atoms with Crippen LogP contribution in [0.5, 0.6) is 40.2 Å². The number of aromatic hydroxyl groups is 3. The van der Waals surface area contributed by atoms with Crippen LogP contribution in [0.1, 0.15) is 124 Å². The predicted molar refractivity (Wildman–Crippen MR) is 391 cm³/mol. The number of benzene rings is 7. The van der Waals surface area contributed by atoms with Gasteiger partial charge >= 0.3 is 88.6 Å². The van der Waals surface area contributed by atoms with E-state index in [0.717, 1.165) is 19.1 Å². The second kappa shape index (κ2) is 63.2. The van der Waals surface area contributed by atoms with Crippen molar-refractivity contribution < 1.29 is 196 Å². The number of halogens is 16. The Bertz CT molecular complexity index is 4330. The van der Waals surface area contributed by atoms with Crippen molar-refractivity contribution in [2.75, 3.05) is 28.4 Å². The van der Waals surface area contributed by atoms with Crippen LogP contribution in [0.3, 0.4) is 0 Å². The van der Waals surface area contributed by atoms with Crippen molar-refractivity contribution in [3.8, 4) is 40.2 Å². The van der Waals surface area contributed by atoms with Gasteiger partial charge in [-0.05, 0) is 156 Å². The molecule has 0 saturated carbocycles. The summed E-state index contributed by atoms with van der Waals surface area (Å²) >= 11 is 3.56. The predicted octanol–water partition coefficient (Wildman–Crippen LogP) is 17.3. The third kappa shape index (κ3) is 41.7. The minimum Gasteiger partial charge on any atom is -0.519 e. The van der Waals surface area contributed by atoms with E-state index in [1.54, 1.807) is 53.5 Å². The first kappa shape index (κ1) is 124. The molecule has 0 saturated heterocycles. The maximum atomic E-state index is 13.6. The van der Waals surface area contributed by atoms with Gasteiger partial charge in [0.25, 0.3) is 5.97 Å². The molecule has 4 N–H and O–H groups in total. The smallest absolute Gasteiger partial charge is 0.519 e. The Hall–Kier alpha value is -10.4. The van der Waals surface area contributed by atoms with E-state index in [4.69, 9.17) is 78.1 Å². The van der Waals surface area contributed by atoms with Gasteiger partial charge in [0.05, 0.1) is 75.1 Å². The molecule has 0 amide bonds. The molecule has 0 aromatic heterocycles. The molecule has 0 heterocycles. The fourth-order valence-corrected chi connectivity index (χ4v) is 6.78. The van der Waals surface area contributed by atoms with Gasteiger partial charge in [-0.1, -0.05) is 37.1 Å². The zero-order chi connectivity index (χ0) is 82.8. The number of hydrogen-bond acceptors (Lipinski definition) is 20. The summed E-state index contributed by atoms with van der Waals surface area (Å²) in [6.07, 6.45) is -5.92. The summed E-state index contributed by atoms with van der Waals surface area (Å²) in [4.78, 5) is 84.7. The van der Waals surface area contributed by atoms with Crippen LogP contribution in [0.4, 0.5) is 74.1 Å². The number of phenols is 3. The van der Waals surface area contributed by atoms with E-state index in [1.165, 1.54) is 95.2 Å². The van der Waals surface area contributed by atoms with E-state index in [-0.39, 0.29) is 141 Å². The molecular formula is C71H69ClCuF13I2N5NaO19. The number of nitrogens with zero attached hydrogens (tertiary/aromatic N) is 5. The molecule has 0 radical (unpaired) electrons. The van der Waals surface area contributed by atoms with E-state index >= 15 is 0 Å². The standard InChI is InChI=1S/C17H10F5NO3.C12H13NO3.C9H7NO3.C8F8O2.C8H7IO3.C8H8O3.C2H4O2.2CN.5CH4.ClI.Cu.Na/c1-7(2)25-10-5-4-8(6-9(10)23-3)17(24)26-16-14(21)12(19)11(18)13(20)15(16)22;1-8(2)16-11-6-5-9(12(14)15-4)7-10(11)13-3;1-10-7-5-6(9(12)13-2)3-4-8(7)11;9-1-2(10)4(12)6(5(13)3(1)11)18-7(17)8(14,15)16;1-12-8(11)5-2-3-7(10)6(9)4-5;1-11-8(10)6-2-4-7(9)5-3-6;1-2(3)4;2*1-2;;;;;;1-2;;/h4-7H,1-2H3;5-8H,1-2,4H3;3-5,11H,2H3;;2-4,10H,1H3;2-5,9H,1H3;1H3,(H,3,4);;;5*1H4;;;/q;;;;;;;2*-1;;;;;;;2*+1. The van der Waals surface area contributed by atoms with E-state index in [2.05, 4.69) is 51.9 Å². The molecule has 0 aliphatic rings. The monoisotopic (exact) mass is 1920 g/mol. The van der Waals surface area contributed by atoms with Gasteiger partial charge in [-0.25, -0.2) is 69.6 Å². The van der Waals surface area contributed by atoms with Crippen molar-refractivity contribution in [3.63, 3.8) is 0 Å². The van der Waals surface area contributed by atoms with Gasteiger partial charge in [-0.15, -0.1) is 0 Å². The number of phenolic OH excluding ortho intramolecular Hbond substituents is 3. The van der Waals surface area contributed by atoms with Crippen molar-refractivity contribution in [1.29, 1.82) is 10.5 Å². The number of carbonyl (C=O) groups excluding carboxylic acids is 6. The summed E-state index contributed by atoms with van der Waals surface area (Å²) in [6.45, 7) is 38.5. The van der Waals surface area contributed by atoms with Crippen LogP contribution in [0.15, 0.2) is 97.1 Å². The molecule has 0 atom stereocenters. The summed E-state index contributed by atoms with van der Waals surface area (Å²) in [5, 5.41) is 47.0. The van der Waals surface area contributed by atoms with E-state index in [9.17, 15) is 85.8 Å². The summed E-state index contributed by atoms with van der Waals surface area (Å²) in [5.74, 6) is -34.8. The Balaban J connectivity index is -0.000000139. The number of ether oxygens (including phenoxy) is 8. The number of aliphatic carboxylic acids is 1. The molecule has 24 nitrogen and oxygen atoms in total. The Morgan fingerprint density at radius 2 is 0.681 bits per heavy atom. The molecule has 0 aliphatic carbocycles. The molecular weight excluding hydrogens is 1850 g/mol. The molecule has 7 rings (SSSR count). The van der Waals surface area contributed by atoms with Gasteiger partial charge in [0.15, 0.2) is 0 Å². The quantitative estimate of drug-likeness (QED) is 0.0108. The Labute approximate surface area is 705 Å². The van der Waals surface area contributed by atoms with Crippen LogP contribution in [0.2, 0.25) is 0 Å². The molecule has 113 heavy (non-hydrogen) atoms. The topological polar surface area (TPSA) is 335 Å². The maximum absolute atomic E-state index is 13.6. The Morgan fingerprint density at radius 1 is 0.434 bits per heavy atom. The number of esters is 6. The Morgan fingerprint density at radius 3 is 0.965 bits per heavy atom. The van der Waals surface area contributed by atoms with E-state index < -0.39 is 118 Å². The zero-order valence-corrected chi connectivity index (χ0v) is 64.4. The van der Waals surface area contributed by atoms with Gasteiger partial charge in [-0.2, -0.15) is 30.7 Å². The molecule has 616 valence electrons. The second-order valence-corrected chi connectivity index (χ2v) is 19.7. The van der Waals surface area contributed by atoms with Gasteiger partial charge in [0.2, 0.25) is 86.7 Å². The summed E-state index contributed by atoms with van der Waals surface area (Å²) in [7, 11) is 9.81. The number of carboxylic acid groups (broad SMARTS) is 1. The molecule has 0 bridgehead atoms. The molecule has 0 aliphatic heterocycles. The number of alkyl halides is 3. The van der Waals surface area contributed by atoms with Crippen molar-refractivity contribution in [3.05, 3.63) is 234 Å². The molecule has 42 heteroatoms. The number of methoxy groups -OCH3 is 4.